The molecule has 21 heavy (non-hydrogen) atoms. The molecule has 0 radical (unpaired) electrons. The number of hydrogen-bond acceptors (Lipinski definition) is 3. The van der Waals surface area contributed by atoms with Gasteiger partial charge >= 0.3 is 0 Å². The molecule has 0 atom stereocenters. The van der Waals surface area contributed by atoms with Crippen LogP contribution in [0.2, 0.25) is 5.15 Å². The largest absolute Gasteiger partial charge is 0.289 e. The molecule has 0 aliphatic carbocycles. The highest BCUT2D eigenvalue weighted by atomic mass is 35.5. The molecule has 0 aromatic carbocycles. The zero-order valence-electron chi connectivity index (χ0n) is 12.4. The van der Waals surface area contributed by atoms with Gasteiger partial charge in [0.15, 0.2) is 5.78 Å². The van der Waals surface area contributed by atoms with Crippen molar-refractivity contribution in [2.45, 2.75) is 27.3 Å². The second kappa shape index (κ2) is 6.68. The molecule has 2 rings (SSSR count). The number of ketones is 1. The van der Waals surface area contributed by atoms with Crippen LogP contribution in [0.3, 0.4) is 0 Å². The van der Waals surface area contributed by atoms with E-state index in [1.54, 1.807) is 35.3 Å². The molecule has 0 N–H and O–H groups in total. The maximum atomic E-state index is 12.0. The Hall–Kier alpha value is -1.94. The first kappa shape index (κ1) is 15.4. The highest BCUT2D eigenvalue weighted by molar-refractivity contribution is 6.31. The molecule has 2 heterocycles. The van der Waals surface area contributed by atoms with E-state index in [1.165, 1.54) is 6.08 Å². The van der Waals surface area contributed by atoms with E-state index in [1.807, 2.05) is 6.92 Å². The molecular weight excluding hydrogens is 286 g/mol. The van der Waals surface area contributed by atoms with Crippen molar-refractivity contribution in [3.8, 4) is 0 Å². The van der Waals surface area contributed by atoms with Crippen molar-refractivity contribution >= 4 is 23.5 Å². The Bertz CT molecular complexity index is 660. The molecule has 0 aliphatic heterocycles. The smallest absolute Gasteiger partial charge is 0.187 e. The van der Waals surface area contributed by atoms with Gasteiger partial charge in [-0.1, -0.05) is 25.4 Å². The summed E-state index contributed by atoms with van der Waals surface area (Å²) in [6, 6.07) is 3.47. The highest BCUT2D eigenvalue weighted by Crippen LogP contribution is 2.22. The average molecular weight is 304 g/mol. The summed E-state index contributed by atoms with van der Waals surface area (Å²) in [7, 11) is 0. The number of halogens is 1. The number of rotatable bonds is 5. The number of allylic oxidation sites excluding steroid dienone is 1. The van der Waals surface area contributed by atoms with Gasteiger partial charge in [0, 0.05) is 30.1 Å². The van der Waals surface area contributed by atoms with Gasteiger partial charge in [0.25, 0.3) is 0 Å². The van der Waals surface area contributed by atoms with Crippen LogP contribution in [0.5, 0.6) is 0 Å². The fourth-order valence-electron chi connectivity index (χ4n) is 1.99. The van der Waals surface area contributed by atoms with Crippen LogP contribution in [0, 0.1) is 12.8 Å². The van der Waals surface area contributed by atoms with Crippen LogP contribution in [0.25, 0.3) is 6.08 Å². The first-order valence-electron chi connectivity index (χ1n) is 6.84. The van der Waals surface area contributed by atoms with Crippen molar-refractivity contribution in [2.75, 3.05) is 0 Å². The second-order valence-electron chi connectivity index (χ2n) is 5.31. The van der Waals surface area contributed by atoms with Gasteiger partial charge in [0.1, 0.15) is 5.15 Å². The van der Waals surface area contributed by atoms with Gasteiger partial charge in [-0.2, -0.15) is 5.10 Å². The Morgan fingerprint density at radius 2 is 2.24 bits per heavy atom. The maximum absolute atomic E-state index is 12.0. The van der Waals surface area contributed by atoms with Gasteiger partial charge in [-0.15, -0.1) is 0 Å². The molecule has 0 spiro atoms. The quantitative estimate of drug-likeness (QED) is 0.623. The third-order valence-corrected chi connectivity index (χ3v) is 3.39. The zero-order valence-corrected chi connectivity index (χ0v) is 13.1. The predicted molar refractivity (Wildman–Crippen MR) is 84.4 cm³/mol. The normalized spacial score (nSPS) is 11.5. The highest BCUT2D eigenvalue weighted by Gasteiger charge is 2.12. The summed E-state index contributed by atoms with van der Waals surface area (Å²) in [6.07, 6.45) is 6.41. The van der Waals surface area contributed by atoms with E-state index < -0.39 is 0 Å². The second-order valence-corrected chi connectivity index (χ2v) is 5.66. The van der Waals surface area contributed by atoms with Crippen LogP contribution in [-0.2, 0) is 6.54 Å². The van der Waals surface area contributed by atoms with Gasteiger partial charge in [0.05, 0.1) is 5.69 Å². The molecule has 5 heteroatoms. The van der Waals surface area contributed by atoms with Gasteiger partial charge in [-0.05, 0) is 37.1 Å². The SMILES string of the molecule is Cc1nn(CC(C)C)c(Cl)c1/C=C/C(=O)c1cccnc1. The van der Waals surface area contributed by atoms with Crippen molar-refractivity contribution in [1.29, 1.82) is 0 Å². The van der Waals surface area contributed by atoms with Crippen LogP contribution in [0.1, 0.15) is 35.5 Å². The van der Waals surface area contributed by atoms with E-state index in [4.69, 9.17) is 11.6 Å². The molecule has 0 saturated carbocycles. The number of aryl methyl sites for hydroxylation is 1. The Kier molecular flexibility index (Phi) is 4.91. The molecule has 110 valence electrons. The van der Waals surface area contributed by atoms with Crippen LogP contribution in [-0.4, -0.2) is 20.5 Å². The Labute approximate surface area is 129 Å². The molecule has 0 saturated heterocycles. The van der Waals surface area contributed by atoms with Gasteiger partial charge in [0.2, 0.25) is 0 Å². The number of aromatic nitrogens is 3. The lowest BCUT2D eigenvalue weighted by Gasteiger charge is -2.05. The van der Waals surface area contributed by atoms with E-state index in [-0.39, 0.29) is 5.78 Å². The van der Waals surface area contributed by atoms with Gasteiger partial charge < -0.3 is 0 Å². The molecule has 0 amide bonds. The third-order valence-electron chi connectivity index (χ3n) is 2.99. The van der Waals surface area contributed by atoms with Crippen LogP contribution >= 0.6 is 11.6 Å². The number of carbonyl (C=O) groups is 1. The van der Waals surface area contributed by atoms with Crippen molar-refractivity contribution in [2.24, 2.45) is 5.92 Å². The molecule has 0 aliphatic rings. The van der Waals surface area contributed by atoms with Gasteiger partial charge in [-0.3, -0.25) is 14.5 Å². The summed E-state index contributed by atoms with van der Waals surface area (Å²) in [5.41, 5.74) is 2.16. The zero-order chi connectivity index (χ0) is 15.4. The minimum atomic E-state index is -0.102. The molecular formula is C16H18ClN3O. The molecule has 4 nitrogen and oxygen atoms in total. The minimum absolute atomic E-state index is 0.102. The number of nitrogens with zero attached hydrogens (tertiary/aromatic N) is 3. The lowest BCUT2D eigenvalue weighted by molar-refractivity contribution is 0.104. The molecule has 0 fully saturated rings. The topological polar surface area (TPSA) is 47.8 Å². The Morgan fingerprint density at radius 1 is 1.48 bits per heavy atom. The van der Waals surface area contributed by atoms with Crippen molar-refractivity contribution in [3.63, 3.8) is 0 Å². The average Bonchev–Trinajstić information content (AvgIpc) is 2.71. The first-order chi connectivity index (χ1) is 9.99. The van der Waals surface area contributed by atoms with E-state index in [9.17, 15) is 4.79 Å². The lowest BCUT2D eigenvalue weighted by Crippen LogP contribution is -2.06. The van der Waals surface area contributed by atoms with Crippen LogP contribution in [0.15, 0.2) is 30.6 Å². The number of carbonyl (C=O) groups excluding carboxylic acids is 1. The maximum Gasteiger partial charge on any atom is 0.187 e. The number of hydrogen-bond donors (Lipinski definition) is 0. The van der Waals surface area contributed by atoms with E-state index in [2.05, 4.69) is 23.9 Å². The minimum Gasteiger partial charge on any atom is -0.289 e. The number of pyridine rings is 1. The summed E-state index contributed by atoms with van der Waals surface area (Å²) in [6.45, 7) is 6.85. The summed E-state index contributed by atoms with van der Waals surface area (Å²) < 4.78 is 1.77. The van der Waals surface area contributed by atoms with Crippen molar-refractivity contribution < 1.29 is 4.79 Å². The first-order valence-corrected chi connectivity index (χ1v) is 7.22. The van der Waals surface area contributed by atoms with Gasteiger partial charge in [-0.25, -0.2) is 0 Å². The fraction of sp³-hybridized carbons (Fsp3) is 0.312. The fourth-order valence-corrected chi connectivity index (χ4v) is 2.29. The van der Waals surface area contributed by atoms with Crippen LogP contribution < -0.4 is 0 Å². The summed E-state index contributed by atoms with van der Waals surface area (Å²) >= 11 is 6.33. The Morgan fingerprint density at radius 3 is 2.86 bits per heavy atom. The summed E-state index contributed by atoms with van der Waals surface area (Å²) in [5.74, 6) is 0.353. The molecule has 0 bridgehead atoms. The molecule has 0 unspecified atom stereocenters. The summed E-state index contributed by atoms with van der Waals surface area (Å²) in [4.78, 5) is 16.0. The monoisotopic (exact) mass is 303 g/mol. The van der Waals surface area contributed by atoms with E-state index >= 15 is 0 Å². The van der Waals surface area contributed by atoms with E-state index in [0.717, 1.165) is 17.8 Å². The van der Waals surface area contributed by atoms with Crippen molar-refractivity contribution in [1.82, 2.24) is 14.8 Å². The third kappa shape index (κ3) is 3.79. The molecule has 2 aromatic heterocycles. The van der Waals surface area contributed by atoms with Crippen LogP contribution in [0.4, 0.5) is 0 Å². The molecule has 2 aromatic rings. The predicted octanol–water partition coefficient (Wildman–Crippen LogP) is 3.79. The Balaban J connectivity index is 2.22. The van der Waals surface area contributed by atoms with Crippen molar-refractivity contribution in [3.05, 3.63) is 52.6 Å². The summed E-state index contributed by atoms with van der Waals surface area (Å²) in [5, 5.41) is 4.98. The van der Waals surface area contributed by atoms with E-state index in [0.29, 0.717) is 16.6 Å². The lowest BCUT2D eigenvalue weighted by atomic mass is 10.1. The standard InChI is InChI=1S/C16H18ClN3O/c1-11(2)10-20-16(17)14(12(3)19-20)6-7-15(21)13-5-4-8-18-9-13/h4-9,11H,10H2,1-3H3/b7-6+.